The molecule has 0 aliphatic carbocycles. The molecule has 1 heterocycles. The lowest BCUT2D eigenvalue weighted by Crippen LogP contribution is -1.98. The van der Waals surface area contributed by atoms with Crippen LogP contribution >= 0.6 is 0 Å². The smallest absolute Gasteiger partial charge is 0.130 e. The first-order valence-electron chi connectivity index (χ1n) is 6.06. The molecule has 2 rings (SSSR count). The molecule has 0 aliphatic heterocycles. The minimum atomic E-state index is 0.422. The molecule has 18 heavy (non-hydrogen) atoms. The van der Waals surface area contributed by atoms with Gasteiger partial charge in [-0.1, -0.05) is 19.9 Å². The lowest BCUT2D eigenvalue weighted by Gasteiger charge is -2.14. The van der Waals surface area contributed by atoms with Gasteiger partial charge in [0.05, 0.1) is 7.11 Å². The summed E-state index contributed by atoms with van der Waals surface area (Å²) in [5, 5.41) is 3.28. The van der Waals surface area contributed by atoms with Crippen molar-refractivity contribution in [2.75, 3.05) is 12.4 Å². The number of benzene rings is 1. The molecular weight excluding hydrogens is 224 g/mol. The fourth-order valence-corrected chi connectivity index (χ4v) is 1.85. The van der Waals surface area contributed by atoms with Gasteiger partial charge >= 0.3 is 0 Å². The molecule has 2 aromatic rings. The van der Waals surface area contributed by atoms with Gasteiger partial charge in [0.1, 0.15) is 11.6 Å². The van der Waals surface area contributed by atoms with Crippen LogP contribution in [0.2, 0.25) is 0 Å². The van der Waals surface area contributed by atoms with E-state index in [1.807, 2.05) is 30.3 Å². The third-order valence-electron chi connectivity index (χ3n) is 2.79. The third kappa shape index (κ3) is 2.80. The second kappa shape index (κ2) is 5.54. The van der Waals surface area contributed by atoms with E-state index < -0.39 is 0 Å². The summed E-state index contributed by atoms with van der Waals surface area (Å²) in [6.07, 6.45) is 1.77. The summed E-state index contributed by atoms with van der Waals surface area (Å²) in [6.45, 7) is 4.31. The van der Waals surface area contributed by atoms with E-state index in [0.29, 0.717) is 5.92 Å². The van der Waals surface area contributed by atoms with Crippen LogP contribution in [0.3, 0.4) is 0 Å². The molecule has 1 aromatic heterocycles. The predicted molar refractivity (Wildman–Crippen MR) is 74.6 cm³/mol. The molecule has 0 radical (unpaired) electrons. The Morgan fingerprint density at radius 3 is 2.61 bits per heavy atom. The van der Waals surface area contributed by atoms with Crippen molar-refractivity contribution in [2.24, 2.45) is 0 Å². The van der Waals surface area contributed by atoms with Crippen molar-refractivity contribution in [2.45, 2.75) is 19.8 Å². The number of ether oxygens (including phenoxy) is 1. The summed E-state index contributed by atoms with van der Waals surface area (Å²) in [5.74, 6) is 2.19. The Balaban J connectivity index is 2.27. The summed E-state index contributed by atoms with van der Waals surface area (Å²) in [5.41, 5.74) is 2.22. The molecule has 94 valence electrons. The van der Waals surface area contributed by atoms with Gasteiger partial charge in [0.25, 0.3) is 0 Å². The van der Waals surface area contributed by atoms with Crippen molar-refractivity contribution in [3.05, 3.63) is 48.2 Å². The normalized spacial score (nSPS) is 10.4. The van der Waals surface area contributed by atoms with Gasteiger partial charge in [-0.15, -0.1) is 0 Å². The van der Waals surface area contributed by atoms with Gasteiger partial charge in [0.2, 0.25) is 0 Å². The summed E-state index contributed by atoms with van der Waals surface area (Å²) >= 11 is 0. The van der Waals surface area contributed by atoms with E-state index in [-0.39, 0.29) is 0 Å². The van der Waals surface area contributed by atoms with E-state index in [1.165, 1.54) is 5.56 Å². The highest BCUT2D eigenvalue weighted by Crippen LogP contribution is 2.30. The molecule has 0 saturated carbocycles. The lowest BCUT2D eigenvalue weighted by atomic mass is 10.0. The van der Waals surface area contributed by atoms with Gasteiger partial charge in [-0.25, -0.2) is 4.98 Å². The maximum atomic E-state index is 5.37. The summed E-state index contributed by atoms with van der Waals surface area (Å²) in [6, 6.07) is 11.9. The molecule has 0 fully saturated rings. The number of pyridine rings is 1. The van der Waals surface area contributed by atoms with E-state index in [2.05, 4.69) is 30.2 Å². The Bertz CT molecular complexity index is 509. The van der Waals surface area contributed by atoms with Crippen molar-refractivity contribution in [3.8, 4) is 5.75 Å². The minimum absolute atomic E-state index is 0.422. The molecule has 3 nitrogen and oxygen atoms in total. The maximum absolute atomic E-state index is 5.37. The quantitative estimate of drug-likeness (QED) is 0.881. The van der Waals surface area contributed by atoms with Crippen molar-refractivity contribution >= 4 is 11.5 Å². The van der Waals surface area contributed by atoms with Crippen LogP contribution in [0.15, 0.2) is 42.6 Å². The molecular formula is C15H18N2O. The molecule has 1 N–H and O–H groups in total. The maximum Gasteiger partial charge on any atom is 0.130 e. The number of nitrogens with zero attached hydrogens (tertiary/aromatic N) is 1. The van der Waals surface area contributed by atoms with Crippen LogP contribution in [0.4, 0.5) is 11.5 Å². The van der Waals surface area contributed by atoms with E-state index in [4.69, 9.17) is 4.74 Å². The summed E-state index contributed by atoms with van der Waals surface area (Å²) in [4.78, 5) is 4.25. The highest BCUT2D eigenvalue weighted by Gasteiger charge is 2.08. The second-order valence-corrected chi connectivity index (χ2v) is 4.45. The molecule has 1 aromatic carbocycles. The standard InChI is InChI=1S/C15H18N2O/c1-11(2)13-10-12(7-8-14(13)18-3)17-15-6-4-5-9-16-15/h4-11H,1-3H3,(H,16,17). The van der Waals surface area contributed by atoms with Crippen molar-refractivity contribution in [3.63, 3.8) is 0 Å². The van der Waals surface area contributed by atoms with Crippen LogP contribution < -0.4 is 10.1 Å². The third-order valence-corrected chi connectivity index (χ3v) is 2.79. The van der Waals surface area contributed by atoms with Crippen molar-refractivity contribution < 1.29 is 4.74 Å². The topological polar surface area (TPSA) is 34.1 Å². The van der Waals surface area contributed by atoms with Crippen LogP contribution in [0.5, 0.6) is 5.75 Å². The Labute approximate surface area is 108 Å². The monoisotopic (exact) mass is 242 g/mol. The number of nitrogens with one attached hydrogen (secondary N) is 1. The second-order valence-electron chi connectivity index (χ2n) is 4.45. The number of hydrogen-bond acceptors (Lipinski definition) is 3. The lowest BCUT2D eigenvalue weighted by molar-refractivity contribution is 0.407. The van der Waals surface area contributed by atoms with Gasteiger partial charge in [0, 0.05) is 11.9 Å². The zero-order valence-electron chi connectivity index (χ0n) is 11.0. The zero-order chi connectivity index (χ0) is 13.0. The predicted octanol–water partition coefficient (Wildman–Crippen LogP) is 3.96. The van der Waals surface area contributed by atoms with Crippen molar-refractivity contribution in [1.82, 2.24) is 4.98 Å². The van der Waals surface area contributed by atoms with Gasteiger partial charge in [-0.3, -0.25) is 0 Å². The van der Waals surface area contributed by atoms with Crippen LogP contribution in [-0.4, -0.2) is 12.1 Å². The molecule has 0 amide bonds. The van der Waals surface area contributed by atoms with Gasteiger partial charge in [0.15, 0.2) is 0 Å². The van der Waals surface area contributed by atoms with Gasteiger partial charge in [-0.05, 0) is 41.8 Å². The Morgan fingerprint density at radius 2 is 2.00 bits per heavy atom. The fraction of sp³-hybridized carbons (Fsp3) is 0.267. The van der Waals surface area contributed by atoms with Gasteiger partial charge in [-0.2, -0.15) is 0 Å². The average Bonchev–Trinajstić information content (AvgIpc) is 2.40. The first kappa shape index (κ1) is 12.4. The molecule has 0 saturated heterocycles. The summed E-state index contributed by atoms with van der Waals surface area (Å²) < 4.78 is 5.37. The van der Waals surface area contributed by atoms with E-state index >= 15 is 0 Å². The first-order chi connectivity index (χ1) is 8.70. The number of aromatic nitrogens is 1. The molecule has 0 bridgehead atoms. The van der Waals surface area contributed by atoms with Crippen LogP contribution in [0.25, 0.3) is 0 Å². The van der Waals surface area contributed by atoms with E-state index in [9.17, 15) is 0 Å². The van der Waals surface area contributed by atoms with Crippen LogP contribution in [-0.2, 0) is 0 Å². The Morgan fingerprint density at radius 1 is 1.17 bits per heavy atom. The van der Waals surface area contributed by atoms with Crippen LogP contribution in [0, 0.1) is 0 Å². The van der Waals surface area contributed by atoms with Gasteiger partial charge < -0.3 is 10.1 Å². The summed E-state index contributed by atoms with van der Waals surface area (Å²) in [7, 11) is 1.70. The fourth-order valence-electron chi connectivity index (χ4n) is 1.85. The average molecular weight is 242 g/mol. The highest BCUT2D eigenvalue weighted by atomic mass is 16.5. The zero-order valence-corrected chi connectivity index (χ0v) is 11.0. The number of anilines is 2. The first-order valence-corrected chi connectivity index (χ1v) is 6.06. The number of hydrogen-bond donors (Lipinski definition) is 1. The van der Waals surface area contributed by atoms with E-state index in [0.717, 1.165) is 17.3 Å². The number of rotatable bonds is 4. The Hall–Kier alpha value is -2.03. The van der Waals surface area contributed by atoms with Crippen LogP contribution in [0.1, 0.15) is 25.3 Å². The molecule has 0 unspecified atom stereocenters. The number of methoxy groups -OCH3 is 1. The minimum Gasteiger partial charge on any atom is -0.496 e. The highest BCUT2D eigenvalue weighted by molar-refractivity contribution is 5.59. The molecule has 3 heteroatoms. The SMILES string of the molecule is COc1ccc(Nc2ccccn2)cc1C(C)C. The van der Waals surface area contributed by atoms with E-state index in [1.54, 1.807) is 13.3 Å². The molecule has 0 aliphatic rings. The molecule has 0 spiro atoms. The van der Waals surface area contributed by atoms with Crippen molar-refractivity contribution in [1.29, 1.82) is 0 Å². The Kier molecular flexibility index (Phi) is 3.82. The molecule has 0 atom stereocenters. The largest absolute Gasteiger partial charge is 0.496 e.